The van der Waals surface area contributed by atoms with Crippen molar-refractivity contribution in [1.29, 1.82) is 0 Å². The number of benzene rings is 4. The van der Waals surface area contributed by atoms with Crippen LogP contribution in [0.1, 0.15) is 91.2 Å². The molecule has 3 nitrogen and oxygen atoms in total. The predicted octanol–water partition coefficient (Wildman–Crippen LogP) is 11.3. The molecule has 52 heavy (non-hydrogen) atoms. The predicted molar refractivity (Wildman–Crippen MR) is 222 cm³/mol. The van der Waals surface area contributed by atoms with E-state index < -0.39 is 0 Å². The molecule has 266 valence electrons. The Hall–Kier alpha value is -4.73. The monoisotopic (exact) mass is 687 g/mol. The van der Waals surface area contributed by atoms with E-state index in [0.717, 1.165) is 25.9 Å². The number of unbranched alkanes of at least 4 members (excludes halogenated alkanes) is 2. The Morgan fingerprint density at radius 1 is 0.615 bits per heavy atom. The average Bonchev–Trinajstić information content (AvgIpc) is 3.73. The van der Waals surface area contributed by atoms with Crippen molar-refractivity contribution in [3.05, 3.63) is 167 Å². The number of quaternary nitrogens is 1. The topological polar surface area (TPSA) is 10.7 Å². The lowest BCUT2D eigenvalue weighted by atomic mass is 9.83. The van der Waals surface area contributed by atoms with Crippen LogP contribution in [0, 0.1) is 0 Å². The van der Waals surface area contributed by atoms with Crippen LogP contribution in [0.25, 0.3) is 0 Å². The summed E-state index contributed by atoms with van der Waals surface area (Å²) < 4.78 is 2.50. The van der Waals surface area contributed by atoms with Crippen LogP contribution >= 0.6 is 0 Å². The van der Waals surface area contributed by atoms with Gasteiger partial charge in [-0.3, -0.25) is 4.90 Å². The van der Waals surface area contributed by atoms with Gasteiger partial charge < -0.3 is 4.90 Å². The summed E-state index contributed by atoms with van der Waals surface area (Å²) in [5.41, 5.74) is 14.9. The number of nitrogens with zero attached hydrogens (tertiary/aromatic N) is 2. The van der Waals surface area contributed by atoms with Gasteiger partial charge >= 0.3 is 0 Å². The molecule has 4 aromatic carbocycles. The molecule has 0 spiro atoms. The van der Waals surface area contributed by atoms with Crippen molar-refractivity contribution in [3.8, 4) is 0 Å². The van der Waals surface area contributed by atoms with E-state index in [-0.39, 0.29) is 10.8 Å². The Labute approximate surface area is 313 Å². The molecule has 3 aliphatic rings. The van der Waals surface area contributed by atoms with Crippen LogP contribution in [-0.2, 0) is 10.8 Å². The second kappa shape index (κ2) is 15.1. The van der Waals surface area contributed by atoms with E-state index in [9.17, 15) is 0 Å². The highest BCUT2D eigenvalue weighted by Crippen LogP contribution is 2.48. The Balaban J connectivity index is 1.41. The summed E-state index contributed by atoms with van der Waals surface area (Å²) in [7, 11) is 0. The summed E-state index contributed by atoms with van der Waals surface area (Å²) in [6.07, 6.45) is 16.6. The van der Waals surface area contributed by atoms with Crippen molar-refractivity contribution < 1.29 is 4.90 Å². The smallest absolute Gasteiger partial charge is 0.218 e. The Morgan fingerprint density at radius 2 is 1.17 bits per heavy atom. The minimum Gasteiger partial charge on any atom is -0.344 e. The van der Waals surface area contributed by atoms with Crippen LogP contribution < -0.4 is 14.4 Å². The maximum atomic E-state index is 2.59. The zero-order chi connectivity index (χ0) is 36.3. The maximum Gasteiger partial charge on any atom is 0.218 e. The van der Waals surface area contributed by atoms with E-state index in [1.54, 1.807) is 0 Å². The summed E-state index contributed by atoms with van der Waals surface area (Å²) in [6, 6.07) is 40.0. The fraction of sp³-hybridized carbons (Fsp3) is 0.327. The molecule has 3 heteroatoms. The summed E-state index contributed by atoms with van der Waals surface area (Å²) in [5, 5.41) is 0. The highest BCUT2D eigenvalue weighted by Gasteiger charge is 2.45. The van der Waals surface area contributed by atoms with E-state index in [1.165, 1.54) is 92.7 Å². The number of hydrogen-bond acceptors (Lipinski definition) is 1. The molecule has 1 fully saturated rings. The third kappa shape index (κ3) is 6.56. The number of hydrogen-bond donors (Lipinski definition) is 1. The van der Waals surface area contributed by atoms with Crippen LogP contribution in [0.5, 0.6) is 0 Å². The molecule has 0 amide bonds. The summed E-state index contributed by atoms with van der Waals surface area (Å²) in [4.78, 5) is 4.11. The van der Waals surface area contributed by atoms with Crippen molar-refractivity contribution in [2.45, 2.75) is 90.9 Å². The zero-order valence-electron chi connectivity index (χ0n) is 32.3. The number of rotatable bonds is 10. The van der Waals surface area contributed by atoms with Crippen LogP contribution in [0.2, 0.25) is 0 Å². The van der Waals surface area contributed by atoms with Gasteiger partial charge in [-0.15, -0.1) is 0 Å². The summed E-state index contributed by atoms with van der Waals surface area (Å²) in [6.45, 7) is 16.4. The SMILES string of the molecule is CCCCN1/C(=C/C=C2\CC/C(=C\C=C3\[NH+](CCCC)c4ccccc4C3(C)C)C2=[N+](c2ccccc2)c2ccccc2)C(C)(C)c2ccccc21. The zero-order valence-corrected chi connectivity index (χ0v) is 32.3. The fourth-order valence-electron chi connectivity index (χ4n) is 8.84. The summed E-state index contributed by atoms with van der Waals surface area (Å²) in [5.74, 6) is 0. The van der Waals surface area contributed by atoms with Gasteiger partial charge in [-0.1, -0.05) is 119 Å². The van der Waals surface area contributed by atoms with E-state index in [2.05, 4.69) is 185 Å². The van der Waals surface area contributed by atoms with Gasteiger partial charge in [-0.25, -0.2) is 0 Å². The first kappa shape index (κ1) is 35.7. The van der Waals surface area contributed by atoms with Crippen LogP contribution in [0.3, 0.4) is 0 Å². The lowest BCUT2D eigenvalue weighted by molar-refractivity contribution is -0.789. The highest BCUT2D eigenvalue weighted by atomic mass is 15.2. The molecule has 2 aliphatic heterocycles. The highest BCUT2D eigenvalue weighted by molar-refractivity contribution is 6.17. The lowest BCUT2D eigenvalue weighted by Crippen LogP contribution is -3.04. The van der Waals surface area contributed by atoms with Crippen molar-refractivity contribution in [2.75, 3.05) is 18.0 Å². The minimum atomic E-state index is -0.0738. The van der Waals surface area contributed by atoms with Crippen molar-refractivity contribution in [3.63, 3.8) is 0 Å². The third-order valence-electron chi connectivity index (χ3n) is 11.7. The van der Waals surface area contributed by atoms with Gasteiger partial charge in [0.25, 0.3) is 0 Å². The van der Waals surface area contributed by atoms with Crippen molar-refractivity contribution in [2.24, 2.45) is 0 Å². The molecule has 0 radical (unpaired) electrons. The Kier molecular flexibility index (Phi) is 10.3. The van der Waals surface area contributed by atoms with Gasteiger partial charge in [-0.05, 0) is 75.5 Å². The third-order valence-corrected chi connectivity index (χ3v) is 11.7. The molecule has 4 aromatic rings. The lowest BCUT2D eigenvalue weighted by Gasteiger charge is -2.27. The standard InChI is InChI=1S/C49H56N3/c1-7-9-35-50-43-27-19-17-25-41(43)48(3,4)45(50)33-31-37-29-30-38(47(37)52(39-21-13-11-14-22-39)40-23-15-12-16-24-40)32-34-46-49(5,6)42-26-18-20-28-44(42)51(46)36-10-8-2/h11-28,31-34H,7-10,29-30,35-36H2,1-6H3/q+1/p+1. The molecule has 1 saturated carbocycles. The van der Waals surface area contributed by atoms with Gasteiger partial charge in [-0.2, -0.15) is 4.58 Å². The molecule has 1 atom stereocenters. The first-order valence-corrected chi connectivity index (χ1v) is 19.7. The van der Waals surface area contributed by atoms with Crippen LogP contribution in [-0.4, -0.2) is 18.8 Å². The molecule has 1 aliphatic carbocycles. The molecule has 0 saturated heterocycles. The second-order valence-electron chi connectivity index (χ2n) is 15.8. The van der Waals surface area contributed by atoms with Crippen molar-refractivity contribution in [1.82, 2.24) is 4.58 Å². The molecule has 0 aromatic heterocycles. The first-order chi connectivity index (χ1) is 25.3. The Morgan fingerprint density at radius 3 is 1.81 bits per heavy atom. The minimum absolute atomic E-state index is 0.0395. The normalized spacial score (nSPS) is 21.8. The van der Waals surface area contributed by atoms with Gasteiger partial charge in [0, 0.05) is 64.3 Å². The molecule has 2 heterocycles. The summed E-state index contributed by atoms with van der Waals surface area (Å²) >= 11 is 0. The molecule has 1 N–H and O–H groups in total. The number of fused-ring (bicyclic) bond motifs is 2. The second-order valence-corrected chi connectivity index (χ2v) is 15.8. The van der Waals surface area contributed by atoms with Gasteiger partial charge in [0.2, 0.25) is 17.1 Å². The molecule has 7 rings (SSSR count). The molecule has 0 bridgehead atoms. The van der Waals surface area contributed by atoms with E-state index in [4.69, 9.17) is 0 Å². The van der Waals surface area contributed by atoms with E-state index >= 15 is 0 Å². The molecular weight excluding hydrogens is 631 g/mol. The number of nitrogens with one attached hydrogen (secondary N) is 1. The molecular formula is C49H57N3+2. The largest absolute Gasteiger partial charge is 0.344 e. The van der Waals surface area contributed by atoms with Gasteiger partial charge in [0.05, 0.1) is 12.0 Å². The fourth-order valence-corrected chi connectivity index (χ4v) is 8.84. The number of allylic oxidation sites excluding steroid dienone is 8. The van der Waals surface area contributed by atoms with Crippen molar-refractivity contribution >= 4 is 28.5 Å². The van der Waals surface area contributed by atoms with Crippen LogP contribution in [0.4, 0.5) is 22.7 Å². The first-order valence-electron chi connectivity index (χ1n) is 19.7. The van der Waals surface area contributed by atoms with Crippen LogP contribution in [0.15, 0.2) is 156 Å². The quantitative estimate of drug-likeness (QED) is 0.164. The molecule has 1 unspecified atom stereocenters. The maximum absolute atomic E-state index is 2.59. The van der Waals surface area contributed by atoms with Gasteiger partial charge in [0.1, 0.15) is 11.4 Å². The number of anilines is 1. The average molecular weight is 688 g/mol. The Bertz CT molecular complexity index is 1910. The van der Waals surface area contributed by atoms with E-state index in [0.29, 0.717) is 0 Å². The van der Waals surface area contributed by atoms with E-state index in [1.807, 2.05) is 0 Å². The van der Waals surface area contributed by atoms with Gasteiger partial charge in [0.15, 0.2) is 0 Å². The number of para-hydroxylation sites is 4.